The molecule has 4 heterocycles. The van der Waals surface area contributed by atoms with E-state index in [0.717, 1.165) is 47.7 Å². The summed E-state index contributed by atoms with van der Waals surface area (Å²) >= 11 is 0. The van der Waals surface area contributed by atoms with Crippen LogP contribution in [-0.4, -0.2) is 44.4 Å². The summed E-state index contributed by atoms with van der Waals surface area (Å²) in [6, 6.07) is 2.30. The van der Waals surface area contributed by atoms with E-state index in [1.165, 1.54) is 12.8 Å². The Morgan fingerprint density at radius 3 is 2.96 bits per heavy atom. The van der Waals surface area contributed by atoms with Crippen molar-refractivity contribution in [1.82, 2.24) is 30.0 Å². The number of pyridine rings is 1. The van der Waals surface area contributed by atoms with E-state index in [1.54, 1.807) is 12.4 Å². The van der Waals surface area contributed by atoms with Crippen molar-refractivity contribution in [3.63, 3.8) is 0 Å². The third-order valence-electron chi connectivity index (χ3n) is 4.84. The number of piperidine rings is 1. The average Bonchev–Trinajstić information content (AvgIpc) is 3.17. The van der Waals surface area contributed by atoms with E-state index in [2.05, 4.69) is 39.5 Å². The quantitative estimate of drug-likeness (QED) is 0.736. The minimum Gasteiger partial charge on any atom is -0.368 e. The summed E-state index contributed by atoms with van der Waals surface area (Å²) in [7, 11) is 0. The molecule has 1 saturated heterocycles. The number of rotatable bonds is 5. The lowest BCUT2D eigenvalue weighted by Gasteiger charge is -2.23. The molecule has 1 fully saturated rings. The smallest absolute Gasteiger partial charge is 0.154 e. The summed E-state index contributed by atoms with van der Waals surface area (Å²) in [5.74, 6) is 1.41. The Morgan fingerprint density at radius 2 is 2.19 bits per heavy atom. The summed E-state index contributed by atoms with van der Waals surface area (Å²) in [5.41, 5.74) is 3.53. The highest BCUT2D eigenvalue weighted by molar-refractivity contribution is 5.88. The number of nitrogens with zero attached hydrogens (tertiary/aromatic N) is 5. The maximum absolute atomic E-state index is 4.84. The molecule has 1 atom stereocenters. The molecule has 0 aliphatic carbocycles. The molecule has 1 aliphatic heterocycles. The number of anilines is 1. The van der Waals surface area contributed by atoms with Crippen LogP contribution in [0, 0.1) is 5.92 Å². The van der Waals surface area contributed by atoms with Gasteiger partial charge in [-0.3, -0.25) is 9.67 Å². The Morgan fingerprint density at radius 1 is 1.31 bits per heavy atom. The zero-order valence-electron chi connectivity index (χ0n) is 15.3. The second-order valence-corrected chi connectivity index (χ2v) is 7.18. The second kappa shape index (κ2) is 7.37. The van der Waals surface area contributed by atoms with Gasteiger partial charge in [0.15, 0.2) is 5.82 Å². The molecule has 0 spiro atoms. The van der Waals surface area contributed by atoms with Crippen LogP contribution in [0.5, 0.6) is 0 Å². The van der Waals surface area contributed by atoms with Crippen molar-refractivity contribution >= 4 is 16.9 Å². The molecule has 0 unspecified atom stereocenters. The van der Waals surface area contributed by atoms with E-state index in [-0.39, 0.29) is 0 Å². The first-order valence-electron chi connectivity index (χ1n) is 9.31. The van der Waals surface area contributed by atoms with Crippen molar-refractivity contribution in [3.8, 4) is 11.3 Å². The molecule has 0 saturated carbocycles. The topological polar surface area (TPSA) is 80.5 Å². The fraction of sp³-hybridized carbons (Fsp3) is 0.474. The molecule has 7 nitrogen and oxygen atoms in total. The number of aromatic nitrogens is 5. The largest absolute Gasteiger partial charge is 0.368 e. The van der Waals surface area contributed by atoms with Crippen molar-refractivity contribution in [2.45, 2.75) is 32.7 Å². The van der Waals surface area contributed by atoms with Gasteiger partial charge in [0, 0.05) is 36.7 Å². The lowest BCUT2D eigenvalue weighted by atomic mass is 10.00. The predicted molar refractivity (Wildman–Crippen MR) is 103 cm³/mol. The summed E-state index contributed by atoms with van der Waals surface area (Å²) in [5, 5.41) is 11.4. The lowest BCUT2D eigenvalue weighted by molar-refractivity contribution is 0.392. The monoisotopic (exact) mass is 351 g/mol. The van der Waals surface area contributed by atoms with Crippen LogP contribution < -0.4 is 10.6 Å². The fourth-order valence-electron chi connectivity index (χ4n) is 3.34. The van der Waals surface area contributed by atoms with Gasteiger partial charge in [0.25, 0.3) is 0 Å². The van der Waals surface area contributed by atoms with E-state index in [0.29, 0.717) is 12.0 Å². The Kier molecular flexibility index (Phi) is 4.79. The minimum absolute atomic E-state index is 0.320. The van der Waals surface area contributed by atoms with Crippen LogP contribution in [0.3, 0.4) is 0 Å². The first-order chi connectivity index (χ1) is 12.7. The first-order valence-corrected chi connectivity index (χ1v) is 9.31. The van der Waals surface area contributed by atoms with Crippen LogP contribution in [0.1, 0.15) is 32.7 Å². The van der Waals surface area contributed by atoms with Gasteiger partial charge in [-0.1, -0.05) is 0 Å². The van der Waals surface area contributed by atoms with E-state index in [9.17, 15) is 0 Å². The third-order valence-corrected chi connectivity index (χ3v) is 4.84. The van der Waals surface area contributed by atoms with Gasteiger partial charge in [-0.25, -0.2) is 9.97 Å². The van der Waals surface area contributed by atoms with Crippen LogP contribution in [-0.2, 0) is 0 Å². The molecule has 0 aromatic carbocycles. The van der Waals surface area contributed by atoms with Gasteiger partial charge in [0.1, 0.15) is 5.52 Å². The van der Waals surface area contributed by atoms with Gasteiger partial charge in [-0.2, -0.15) is 5.10 Å². The minimum atomic E-state index is 0.320. The zero-order chi connectivity index (χ0) is 17.9. The number of hydrogen-bond donors (Lipinski definition) is 2. The van der Waals surface area contributed by atoms with Crippen molar-refractivity contribution in [2.24, 2.45) is 5.92 Å². The molecule has 2 N–H and O–H groups in total. The lowest BCUT2D eigenvalue weighted by Crippen LogP contribution is -2.33. The highest BCUT2D eigenvalue weighted by Gasteiger charge is 2.15. The van der Waals surface area contributed by atoms with Crippen LogP contribution in [0.4, 0.5) is 5.82 Å². The van der Waals surface area contributed by atoms with Crippen molar-refractivity contribution in [2.75, 3.05) is 25.0 Å². The van der Waals surface area contributed by atoms with Gasteiger partial charge in [0.2, 0.25) is 0 Å². The molecular weight excluding hydrogens is 326 g/mol. The van der Waals surface area contributed by atoms with Crippen molar-refractivity contribution in [3.05, 3.63) is 30.9 Å². The van der Waals surface area contributed by atoms with Gasteiger partial charge < -0.3 is 10.6 Å². The standard InChI is InChI=1S/C19H25N7/c1-13(2)26-12-15(11-24-26)16-8-17-18(22-7-6-21-17)19(25-16)23-10-14-4-3-5-20-9-14/h6-8,11-14,20H,3-5,9-10H2,1-2H3,(H,23,25)/t14-/m0/s1. The van der Waals surface area contributed by atoms with Crippen molar-refractivity contribution in [1.29, 1.82) is 0 Å². The Labute approximate surface area is 153 Å². The summed E-state index contributed by atoms with van der Waals surface area (Å²) in [4.78, 5) is 13.8. The van der Waals surface area contributed by atoms with E-state index < -0.39 is 0 Å². The first kappa shape index (κ1) is 16.9. The molecule has 4 rings (SSSR count). The number of nitrogens with one attached hydrogen (secondary N) is 2. The zero-order valence-corrected chi connectivity index (χ0v) is 15.3. The average molecular weight is 351 g/mol. The van der Waals surface area contributed by atoms with Gasteiger partial charge in [-0.15, -0.1) is 0 Å². The molecule has 0 amide bonds. The normalized spacial score (nSPS) is 17.7. The third kappa shape index (κ3) is 3.53. The molecule has 0 radical (unpaired) electrons. The molecular formula is C19H25N7. The Bertz CT molecular complexity index is 880. The molecule has 26 heavy (non-hydrogen) atoms. The molecule has 1 aliphatic rings. The van der Waals surface area contributed by atoms with E-state index >= 15 is 0 Å². The van der Waals surface area contributed by atoms with Crippen LogP contribution in [0.2, 0.25) is 0 Å². The fourth-order valence-corrected chi connectivity index (χ4v) is 3.34. The summed E-state index contributed by atoms with van der Waals surface area (Å²) in [6.07, 6.45) is 9.80. The molecule has 3 aromatic rings. The van der Waals surface area contributed by atoms with E-state index in [4.69, 9.17) is 4.98 Å². The SMILES string of the molecule is CC(C)n1cc(-c2cc3nccnc3c(NC[C@H]3CCCNC3)n2)cn1. The molecule has 3 aromatic heterocycles. The van der Waals surface area contributed by atoms with Crippen LogP contribution in [0.25, 0.3) is 22.3 Å². The van der Waals surface area contributed by atoms with Crippen LogP contribution in [0.15, 0.2) is 30.9 Å². The maximum atomic E-state index is 4.84. The highest BCUT2D eigenvalue weighted by atomic mass is 15.3. The molecule has 136 valence electrons. The summed E-state index contributed by atoms with van der Waals surface area (Å²) < 4.78 is 1.94. The Balaban J connectivity index is 1.65. The molecule has 7 heteroatoms. The van der Waals surface area contributed by atoms with Gasteiger partial charge in [-0.05, 0) is 51.8 Å². The van der Waals surface area contributed by atoms with Gasteiger partial charge >= 0.3 is 0 Å². The maximum Gasteiger partial charge on any atom is 0.154 e. The molecule has 0 bridgehead atoms. The number of fused-ring (bicyclic) bond motifs is 1. The summed E-state index contributed by atoms with van der Waals surface area (Å²) in [6.45, 7) is 7.29. The van der Waals surface area contributed by atoms with E-state index in [1.807, 2.05) is 23.1 Å². The van der Waals surface area contributed by atoms with Crippen LogP contribution >= 0.6 is 0 Å². The second-order valence-electron chi connectivity index (χ2n) is 7.18. The predicted octanol–water partition coefficient (Wildman–Crippen LogP) is 2.88. The van der Waals surface area contributed by atoms with Crippen molar-refractivity contribution < 1.29 is 0 Å². The number of hydrogen-bond acceptors (Lipinski definition) is 6. The van der Waals surface area contributed by atoms with Gasteiger partial charge in [0.05, 0.1) is 17.4 Å². The highest BCUT2D eigenvalue weighted by Crippen LogP contribution is 2.26. The Hall–Kier alpha value is -2.54.